The topological polar surface area (TPSA) is 12.0 Å². The van der Waals surface area contributed by atoms with Crippen LogP contribution in [0.25, 0.3) is 0 Å². The smallest absolute Gasteiger partial charge is 0.0304 e. The maximum absolute atomic E-state index is 3.57. The van der Waals surface area contributed by atoms with Crippen molar-refractivity contribution in [1.29, 1.82) is 0 Å². The number of rotatable bonds is 2. The van der Waals surface area contributed by atoms with Gasteiger partial charge < -0.3 is 5.32 Å². The second-order valence-corrected chi connectivity index (χ2v) is 7.05. The number of hydrogen-bond acceptors (Lipinski definition) is 2. The molecule has 16 heavy (non-hydrogen) atoms. The van der Waals surface area contributed by atoms with E-state index in [-0.39, 0.29) is 5.54 Å². The average Bonchev–Trinajstić information content (AvgIpc) is 2.45. The van der Waals surface area contributed by atoms with Gasteiger partial charge in [0, 0.05) is 21.8 Å². The number of hydrogen-bond donors (Lipinski definition) is 1. The van der Waals surface area contributed by atoms with Crippen LogP contribution in [0, 0.1) is 0 Å². The molecule has 1 aromatic rings. The van der Waals surface area contributed by atoms with Crippen molar-refractivity contribution >= 4 is 11.3 Å². The number of thiophene rings is 1. The van der Waals surface area contributed by atoms with Crippen molar-refractivity contribution in [3.05, 3.63) is 21.4 Å². The summed E-state index contributed by atoms with van der Waals surface area (Å²) in [7, 11) is 0. The maximum Gasteiger partial charge on any atom is 0.0304 e. The van der Waals surface area contributed by atoms with Gasteiger partial charge in [0.2, 0.25) is 0 Å². The van der Waals surface area contributed by atoms with E-state index >= 15 is 0 Å². The monoisotopic (exact) mass is 237 g/mol. The molecule has 0 atom stereocenters. The normalized spacial score (nSPS) is 16.9. The predicted octanol–water partition coefficient (Wildman–Crippen LogP) is 3.91. The van der Waals surface area contributed by atoms with Crippen LogP contribution in [0.15, 0.2) is 6.07 Å². The Balaban J connectivity index is 2.01. The number of aryl methyl sites for hydroxylation is 2. The van der Waals surface area contributed by atoms with Crippen LogP contribution in [0.4, 0.5) is 0 Å². The van der Waals surface area contributed by atoms with Gasteiger partial charge in [-0.1, -0.05) is 6.42 Å². The summed E-state index contributed by atoms with van der Waals surface area (Å²) in [5.74, 6) is 0. The molecule has 0 bridgehead atoms. The highest BCUT2D eigenvalue weighted by atomic mass is 32.1. The second-order valence-electron chi connectivity index (χ2n) is 5.83. The minimum absolute atomic E-state index is 0.224. The van der Waals surface area contributed by atoms with Gasteiger partial charge in [-0.3, -0.25) is 0 Å². The molecule has 1 N–H and O–H groups in total. The summed E-state index contributed by atoms with van der Waals surface area (Å²) < 4.78 is 0. The first kappa shape index (κ1) is 12.1. The highest BCUT2D eigenvalue weighted by Gasteiger charge is 2.14. The fourth-order valence-corrected chi connectivity index (χ4v) is 3.37. The fraction of sp³-hybridized carbons (Fsp3) is 0.714. The third-order valence-electron chi connectivity index (χ3n) is 3.09. The van der Waals surface area contributed by atoms with Crippen LogP contribution in [-0.2, 0) is 19.4 Å². The Kier molecular flexibility index (Phi) is 3.70. The first-order valence-corrected chi connectivity index (χ1v) is 7.22. The lowest BCUT2D eigenvalue weighted by atomic mass is 10.1. The fourth-order valence-electron chi connectivity index (χ4n) is 2.17. The molecule has 2 rings (SSSR count). The van der Waals surface area contributed by atoms with Crippen LogP contribution >= 0.6 is 11.3 Å². The largest absolute Gasteiger partial charge is 0.307 e. The summed E-state index contributed by atoms with van der Waals surface area (Å²) in [5, 5.41) is 3.57. The Bertz CT molecular complexity index is 323. The highest BCUT2D eigenvalue weighted by molar-refractivity contribution is 7.12. The lowest BCUT2D eigenvalue weighted by Gasteiger charge is -2.19. The molecule has 0 unspecified atom stereocenters. The average molecular weight is 237 g/mol. The van der Waals surface area contributed by atoms with Gasteiger partial charge in [-0.05, 0) is 58.1 Å². The zero-order valence-corrected chi connectivity index (χ0v) is 11.5. The van der Waals surface area contributed by atoms with Crippen molar-refractivity contribution in [2.24, 2.45) is 0 Å². The minimum Gasteiger partial charge on any atom is -0.307 e. The Morgan fingerprint density at radius 1 is 1.19 bits per heavy atom. The van der Waals surface area contributed by atoms with E-state index in [0.29, 0.717) is 0 Å². The van der Waals surface area contributed by atoms with Crippen LogP contribution in [-0.4, -0.2) is 5.54 Å². The molecule has 1 heterocycles. The van der Waals surface area contributed by atoms with Crippen molar-refractivity contribution in [1.82, 2.24) is 5.32 Å². The van der Waals surface area contributed by atoms with Crippen LogP contribution in [0.3, 0.4) is 0 Å². The summed E-state index contributed by atoms with van der Waals surface area (Å²) in [6.45, 7) is 7.71. The minimum atomic E-state index is 0.224. The van der Waals surface area contributed by atoms with Crippen LogP contribution in [0.1, 0.15) is 55.4 Å². The van der Waals surface area contributed by atoms with Gasteiger partial charge in [0.15, 0.2) is 0 Å². The Morgan fingerprint density at radius 3 is 2.69 bits per heavy atom. The highest BCUT2D eigenvalue weighted by Crippen LogP contribution is 2.29. The molecular weight excluding hydrogens is 214 g/mol. The van der Waals surface area contributed by atoms with E-state index in [0.717, 1.165) is 6.54 Å². The summed E-state index contributed by atoms with van der Waals surface area (Å²) in [5.41, 5.74) is 1.86. The molecule has 90 valence electrons. The van der Waals surface area contributed by atoms with E-state index in [1.165, 1.54) is 37.0 Å². The van der Waals surface area contributed by atoms with E-state index in [9.17, 15) is 0 Å². The first-order chi connectivity index (χ1) is 7.54. The lowest BCUT2D eigenvalue weighted by molar-refractivity contribution is 0.426. The summed E-state index contributed by atoms with van der Waals surface area (Å²) in [6, 6.07) is 2.43. The van der Waals surface area contributed by atoms with Crippen molar-refractivity contribution < 1.29 is 0 Å². The van der Waals surface area contributed by atoms with Crippen molar-refractivity contribution in [3.63, 3.8) is 0 Å². The van der Waals surface area contributed by atoms with Crippen LogP contribution in [0.2, 0.25) is 0 Å². The standard InChI is InChI=1S/C14H23NS/c1-14(2,3)15-10-12-9-11-7-5-4-6-8-13(11)16-12/h9,15H,4-8,10H2,1-3H3. The SMILES string of the molecule is CC(C)(C)NCc1cc2c(s1)CCCCC2. The molecule has 0 fully saturated rings. The zero-order valence-electron chi connectivity index (χ0n) is 10.7. The molecule has 0 saturated heterocycles. The van der Waals surface area contributed by atoms with Gasteiger partial charge in [0.05, 0.1) is 0 Å². The molecule has 0 aliphatic heterocycles. The molecule has 0 saturated carbocycles. The molecule has 2 heteroatoms. The van der Waals surface area contributed by atoms with Crippen molar-refractivity contribution in [2.45, 2.75) is 65.0 Å². The lowest BCUT2D eigenvalue weighted by Crippen LogP contribution is -2.34. The predicted molar refractivity (Wildman–Crippen MR) is 72.2 cm³/mol. The molecular formula is C14H23NS. The second kappa shape index (κ2) is 4.89. The van der Waals surface area contributed by atoms with Crippen molar-refractivity contribution in [2.75, 3.05) is 0 Å². The molecule has 1 nitrogen and oxygen atoms in total. The van der Waals surface area contributed by atoms with Crippen LogP contribution in [0.5, 0.6) is 0 Å². The Labute approximate surface area is 103 Å². The Hall–Kier alpha value is -0.340. The molecule has 1 aliphatic rings. The van der Waals surface area contributed by atoms with E-state index in [1.54, 1.807) is 10.4 Å². The molecule has 1 aromatic heterocycles. The molecule has 0 spiro atoms. The Morgan fingerprint density at radius 2 is 1.94 bits per heavy atom. The summed E-state index contributed by atoms with van der Waals surface area (Å²) >= 11 is 2.03. The van der Waals surface area contributed by atoms with Crippen LogP contribution < -0.4 is 5.32 Å². The van der Waals surface area contributed by atoms with Gasteiger partial charge in [-0.15, -0.1) is 11.3 Å². The third-order valence-corrected chi connectivity index (χ3v) is 4.33. The maximum atomic E-state index is 3.57. The zero-order chi connectivity index (χ0) is 11.6. The van der Waals surface area contributed by atoms with Crippen molar-refractivity contribution in [3.8, 4) is 0 Å². The number of nitrogens with one attached hydrogen (secondary N) is 1. The molecule has 0 aromatic carbocycles. The summed E-state index contributed by atoms with van der Waals surface area (Å²) in [6.07, 6.45) is 6.81. The molecule has 1 aliphatic carbocycles. The molecule has 0 amide bonds. The first-order valence-electron chi connectivity index (χ1n) is 6.40. The summed E-state index contributed by atoms with van der Waals surface area (Å²) in [4.78, 5) is 3.17. The van der Waals surface area contributed by atoms with E-state index in [4.69, 9.17) is 0 Å². The number of fused-ring (bicyclic) bond motifs is 1. The quantitative estimate of drug-likeness (QED) is 0.769. The third kappa shape index (κ3) is 3.33. The van der Waals surface area contributed by atoms with E-state index in [1.807, 2.05) is 11.3 Å². The van der Waals surface area contributed by atoms with Gasteiger partial charge in [0.25, 0.3) is 0 Å². The van der Waals surface area contributed by atoms with E-state index in [2.05, 4.69) is 32.2 Å². The van der Waals surface area contributed by atoms with Gasteiger partial charge in [0.1, 0.15) is 0 Å². The molecule has 0 radical (unpaired) electrons. The van der Waals surface area contributed by atoms with Gasteiger partial charge in [-0.2, -0.15) is 0 Å². The van der Waals surface area contributed by atoms with E-state index < -0.39 is 0 Å². The van der Waals surface area contributed by atoms with Gasteiger partial charge >= 0.3 is 0 Å². The van der Waals surface area contributed by atoms with Gasteiger partial charge in [-0.25, -0.2) is 0 Å².